The summed E-state index contributed by atoms with van der Waals surface area (Å²) in [4.78, 5) is 36.5. The molecule has 0 spiro atoms. The first-order valence-electron chi connectivity index (χ1n) is 11.6. The molecule has 0 aliphatic carbocycles. The molecular formula is C26H31Cl2N5O2S. The molecule has 1 heterocycles. The van der Waals surface area contributed by atoms with Gasteiger partial charge in [-0.15, -0.1) is 11.3 Å². The molecule has 0 saturated carbocycles. The molecule has 1 aromatic heterocycles. The van der Waals surface area contributed by atoms with Crippen LogP contribution in [0.15, 0.2) is 53.9 Å². The second kappa shape index (κ2) is 13.1. The van der Waals surface area contributed by atoms with Crippen LogP contribution in [-0.2, 0) is 13.1 Å². The first kappa shape index (κ1) is 27.9. The normalized spacial score (nSPS) is 11.1. The fourth-order valence-electron chi connectivity index (χ4n) is 3.42. The van der Waals surface area contributed by atoms with Crippen LogP contribution >= 0.6 is 34.5 Å². The van der Waals surface area contributed by atoms with E-state index in [9.17, 15) is 9.59 Å². The zero-order chi connectivity index (χ0) is 26.2. The molecule has 0 aliphatic rings. The van der Waals surface area contributed by atoms with Gasteiger partial charge in [0.05, 0.1) is 16.6 Å². The van der Waals surface area contributed by atoms with Crippen molar-refractivity contribution in [3.8, 4) is 0 Å². The Morgan fingerprint density at radius 2 is 1.72 bits per heavy atom. The van der Waals surface area contributed by atoms with Gasteiger partial charge in [0, 0.05) is 36.7 Å². The lowest BCUT2D eigenvalue weighted by Crippen LogP contribution is -2.39. The third-order valence-corrected chi connectivity index (χ3v) is 7.02. The molecule has 0 fully saturated rings. The van der Waals surface area contributed by atoms with Crippen molar-refractivity contribution in [2.45, 2.75) is 33.0 Å². The molecule has 3 aromatic rings. The second-order valence-corrected chi connectivity index (χ2v) is 10.7. The number of amides is 3. The Morgan fingerprint density at radius 1 is 1.00 bits per heavy atom. The number of urea groups is 1. The monoisotopic (exact) mass is 547 g/mol. The average molecular weight is 549 g/mol. The summed E-state index contributed by atoms with van der Waals surface area (Å²) in [7, 11) is 3.96. The molecule has 0 atom stereocenters. The predicted octanol–water partition coefficient (Wildman–Crippen LogP) is 6.10. The number of anilines is 1. The maximum Gasteiger partial charge on any atom is 0.322 e. The Labute approximate surface area is 226 Å². The largest absolute Gasteiger partial charge is 0.332 e. The molecule has 10 heteroatoms. The Hall–Kier alpha value is -2.65. The Morgan fingerprint density at radius 3 is 2.36 bits per heavy atom. The van der Waals surface area contributed by atoms with Crippen molar-refractivity contribution >= 4 is 52.2 Å². The fourth-order valence-corrected chi connectivity index (χ4v) is 4.49. The molecule has 7 nitrogen and oxygen atoms in total. The zero-order valence-corrected chi connectivity index (χ0v) is 23.2. The van der Waals surface area contributed by atoms with E-state index in [1.165, 1.54) is 11.3 Å². The minimum absolute atomic E-state index is 0.0921. The number of nitrogens with one attached hydrogen (secondary N) is 1. The van der Waals surface area contributed by atoms with Crippen molar-refractivity contribution in [2.24, 2.45) is 0 Å². The van der Waals surface area contributed by atoms with Crippen LogP contribution in [0.1, 0.15) is 34.9 Å². The number of hydrogen-bond acceptors (Lipinski definition) is 5. The first-order chi connectivity index (χ1) is 17.1. The number of hydrogen-bond donors (Lipinski definition) is 1. The standard InChI is InChI=1S/C26H31Cl2N5O2S/c1-18(2)33(26(35)29-20-10-11-21(27)22(28)14-20)16-24-30-23(17-36-24)25(34)32(13-12-31(3)4)15-19-8-6-5-7-9-19/h5-11,14,17-18H,12-13,15-16H2,1-4H3,(H,29,35). The van der Waals surface area contributed by atoms with Crippen molar-refractivity contribution in [1.29, 1.82) is 0 Å². The van der Waals surface area contributed by atoms with Crippen molar-refractivity contribution in [3.63, 3.8) is 0 Å². The third kappa shape index (κ3) is 7.93. The van der Waals surface area contributed by atoms with E-state index in [1.54, 1.807) is 28.5 Å². The number of halogens is 2. The number of thiazole rings is 1. The maximum atomic E-state index is 13.4. The molecule has 0 saturated heterocycles. The van der Waals surface area contributed by atoms with Gasteiger partial charge in [0.15, 0.2) is 0 Å². The van der Waals surface area contributed by atoms with E-state index < -0.39 is 0 Å². The van der Waals surface area contributed by atoms with Gasteiger partial charge < -0.3 is 20.0 Å². The van der Waals surface area contributed by atoms with E-state index >= 15 is 0 Å². The number of carbonyl (C=O) groups is 2. The minimum atomic E-state index is -0.289. The molecule has 0 radical (unpaired) electrons. The lowest BCUT2D eigenvalue weighted by atomic mass is 10.2. The van der Waals surface area contributed by atoms with Gasteiger partial charge in [-0.2, -0.15) is 0 Å². The Kier molecular flexibility index (Phi) is 10.1. The smallest absolute Gasteiger partial charge is 0.322 e. The lowest BCUT2D eigenvalue weighted by molar-refractivity contribution is 0.0726. The van der Waals surface area contributed by atoms with E-state index in [0.717, 1.165) is 12.1 Å². The summed E-state index contributed by atoms with van der Waals surface area (Å²) in [6.45, 7) is 5.96. The molecular weight excluding hydrogens is 517 g/mol. The van der Waals surface area contributed by atoms with Gasteiger partial charge in [-0.05, 0) is 51.7 Å². The molecule has 0 bridgehead atoms. The number of benzene rings is 2. The summed E-state index contributed by atoms with van der Waals surface area (Å²) in [5, 5.41) is 6.09. The van der Waals surface area contributed by atoms with Crippen LogP contribution in [0.5, 0.6) is 0 Å². The van der Waals surface area contributed by atoms with Crippen LogP contribution in [0.3, 0.4) is 0 Å². The van der Waals surface area contributed by atoms with Crippen LogP contribution in [-0.4, -0.2) is 64.8 Å². The van der Waals surface area contributed by atoms with E-state index in [2.05, 4.69) is 10.3 Å². The summed E-state index contributed by atoms with van der Waals surface area (Å²) in [6, 6.07) is 14.5. The van der Waals surface area contributed by atoms with Crippen LogP contribution < -0.4 is 5.32 Å². The van der Waals surface area contributed by atoms with E-state index in [-0.39, 0.29) is 24.5 Å². The lowest BCUT2D eigenvalue weighted by Gasteiger charge is -2.26. The molecule has 3 rings (SSSR count). The van der Waals surface area contributed by atoms with E-state index in [1.807, 2.05) is 68.1 Å². The van der Waals surface area contributed by atoms with Crippen LogP contribution in [0.4, 0.5) is 10.5 Å². The summed E-state index contributed by atoms with van der Waals surface area (Å²) >= 11 is 13.4. The SMILES string of the molecule is CC(C)N(Cc1nc(C(=O)N(CCN(C)C)Cc2ccccc2)cs1)C(=O)Nc1ccc(Cl)c(Cl)c1. The fraction of sp³-hybridized carbons (Fsp3) is 0.346. The number of carbonyl (C=O) groups excluding carboxylic acids is 2. The van der Waals surface area contributed by atoms with Gasteiger partial charge in [-0.1, -0.05) is 53.5 Å². The number of likely N-dealkylation sites (N-methyl/N-ethyl adjacent to an activating group) is 1. The summed E-state index contributed by atoms with van der Waals surface area (Å²) in [5.74, 6) is -0.125. The molecule has 36 heavy (non-hydrogen) atoms. The van der Waals surface area contributed by atoms with Gasteiger partial charge in [-0.25, -0.2) is 9.78 Å². The van der Waals surface area contributed by atoms with Crippen molar-refractivity contribution in [3.05, 3.63) is 80.2 Å². The van der Waals surface area contributed by atoms with Gasteiger partial charge in [0.1, 0.15) is 10.7 Å². The quantitative estimate of drug-likeness (QED) is 0.333. The second-order valence-electron chi connectivity index (χ2n) is 8.92. The molecule has 1 N–H and O–H groups in total. The Balaban J connectivity index is 1.72. The molecule has 3 amide bonds. The number of nitrogens with zero attached hydrogens (tertiary/aromatic N) is 4. The van der Waals surface area contributed by atoms with Gasteiger partial charge in [-0.3, -0.25) is 4.79 Å². The highest BCUT2D eigenvalue weighted by atomic mass is 35.5. The molecule has 192 valence electrons. The molecule has 0 aliphatic heterocycles. The molecule has 0 unspecified atom stereocenters. The molecule has 2 aromatic carbocycles. The summed E-state index contributed by atoms with van der Waals surface area (Å²) in [5.41, 5.74) is 2.00. The zero-order valence-electron chi connectivity index (χ0n) is 20.9. The number of rotatable bonds is 10. The third-order valence-electron chi connectivity index (χ3n) is 5.45. The van der Waals surface area contributed by atoms with Crippen LogP contribution in [0.25, 0.3) is 0 Å². The maximum absolute atomic E-state index is 13.4. The van der Waals surface area contributed by atoms with Gasteiger partial charge in [0.2, 0.25) is 0 Å². The van der Waals surface area contributed by atoms with Crippen LogP contribution in [0.2, 0.25) is 10.0 Å². The van der Waals surface area contributed by atoms with Crippen molar-refractivity contribution < 1.29 is 9.59 Å². The van der Waals surface area contributed by atoms with Crippen LogP contribution in [0, 0.1) is 0 Å². The number of aromatic nitrogens is 1. The highest BCUT2D eigenvalue weighted by Gasteiger charge is 2.23. The first-order valence-corrected chi connectivity index (χ1v) is 13.2. The highest BCUT2D eigenvalue weighted by Crippen LogP contribution is 2.25. The van der Waals surface area contributed by atoms with Gasteiger partial charge >= 0.3 is 6.03 Å². The summed E-state index contributed by atoms with van der Waals surface area (Å²) < 4.78 is 0. The van der Waals surface area contributed by atoms with Gasteiger partial charge in [0.25, 0.3) is 5.91 Å². The van der Waals surface area contributed by atoms with E-state index in [0.29, 0.717) is 39.5 Å². The summed E-state index contributed by atoms with van der Waals surface area (Å²) in [6.07, 6.45) is 0. The van der Waals surface area contributed by atoms with Crippen molar-refractivity contribution in [2.75, 3.05) is 32.5 Å². The average Bonchev–Trinajstić information content (AvgIpc) is 3.31. The topological polar surface area (TPSA) is 68.8 Å². The van der Waals surface area contributed by atoms with E-state index in [4.69, 9.17) is 23.2 Å². The highest BCUT2D eigenvalue weighted by molar-refractivity contribution is 7.09. The predicted molar refractivity (Wildman–Crippen MR) is 148 cm³/mol. The Bertz CT molecular complexity index is 1170. The van der Waals surface area contributed by atoms with Crippen molar-refractivity contribution in [1.82, 2.24) is 19.7 Å². The minimum Gasteiger partial charge on any atom is -0.332 e.